The number of benzene rings is 1. The van der Waals surface area contributed by atoms with E-state index in [9.17, 15) is 0 Å². The zero-order valence-corrected chi connectivity index (χ0v) is 16.8. The van der Waals surface area contributed by atoms with E-state index in [-0.39, 0.29) is 16.4 Å². The van der Waals surface area contributed by atoms with E-state index < -0.39 is 0 Å². The van der Waals surface area contributed by atoms with Crippen LogP contribution in [-0.2, 0) is 5.54 Å². The fraction of sp³-hybridized carbons (Fsp3) is 0.727. The molecule has 0 spiro atoms. The summed E-state index contributed by atoms with van der Waals surface area (Å²) in [6.45, 7) is 16.3. The normalized spacial score (nSPS) is 21.5. The molecule has 2 rings (SSSR count). The van der Waals surface area contributed by atoms with Gasteiger partial charge in [-0.25, -0.2) is 0 Å². The van der Waals surface area contributed by atoms with Crippen molar-refractivity contribution in [2.75, 3.05) is 18.0 Å². The molecule has 0 amide bonds. The number of anilines is 1. The third kappa shape index (κ3) is 4.33. The molecule has 2 heteroatoms. The van der Waals surface area contributed by atoms with Crippen LogP contribution in [0, 0.1) is 10.8 Å². The summed E-state index contributed by atoms with van der Waals surface area (Å²) in [6, 6.07) is 8.90. The van der Waals surface area contributed by atoms with Crippen molar-refractivity contribution in [2.45, 2.75) is 79.2 Å². The maximum absolute atomic E-state index is 7.14. The van der Waals surface area contributed by atoms with Crippen LogP contribution >= 0.6 is 0 Å². The average molecular weight is 331 g/mol. The monoisotopic (exact) mass is 330 g/mol. The van der Waals surface area contributed by atoms with Crippen molar-refractivity contribution < 1.29 is 0 Å². The third-order valence-corrected chi connectivity index (χ3v) is 5.31. The molecule has 0 unspecified atom stereocenters. The summed E-state index contributed by atoms with van der Waals surface area (Å²) >= 11 is 0. The Kier molecular flexibility index (Phi) is 5.69. The van der Waals surface area contributed by atoms with E-state index in [1.54, 1.807) is 0 Å². The molecule has 1 fully saturated rings. The molecule has 1 aliphatic rings. The van der Waals surface area contributed by atoms with Gasteiger partial charge in [0.25, 0.3) is 0 Å². The van der Waals surface area contributed by atoms with E-state index in [2.05, 4.69) is 70.7 Å². The Bertz CT molecular complexity index is 523. The van der Waals surface area contributed by atoms with E-state index in [0.29, 0.717) is 0 Å². The van der Waals surface area contributed by atoms with E-state index in [1.165, 1.54) is 30.5 Å². The molecule has 1 aliphatic carbocycles. The van der Waals surface area contributed by atoms with Gasteiger partial charge >= 0.3 is 0 Å². The van der Waals surface area contributed by atoms with Crippen molar-refractivity contribution in [3.63, 3.8) is 0 Å². The van der Waals surface area contributed by atoms with Crippen LogP contribution in [0.25, 0.3) is 0 Å². The molecule has 0 heterocycles. The molecule has 1 aromatic carbocycles. The zero-order valence-electron chi connectivity index (χ0n) is 16.8. The van der Waals surface area contributed by atoms with Crippen molar-refractivity contribution in [3.05, 3.63) is 29.8 Å². The molecular formula is C22H38N2. The molecule has 0 radical (unpaired) electrons. The molecule has 0 atom stereocenters. The first-order valence-corrected chi connectivity index (χ1v) is 9.76. The first-order chi connectivity index (χ1) is 11.1. The largest absolute Gasteiger partial charge is 0.371 e. The number of hydrogen-bond acceptors (Lipinski definition) is 2. The van der Waals surface area contributed by atoms with E-state index in [4.69, 9.17) is 5.73 Å². The molecule has 0 aromatic heterocycles. The van der Waals surface area contributed by atoms with Gasteiger partial charge < -0.3 is 10.6 Å². The lowest BCUT2D eigenvalue weighted by atomic mass is 9.57. The lowest BCUT2D eigenvalue weighted by molar-refractivity contribution is 0.0472. The van der Waals surface area contributed by atoms with Crippen LogP contribution < -0.4 is 10.6 Å². The first-order valence-electron chi connectivity index (χ1n) is 9.76. The highest BCUT2D eigenvalue weighted by Gasteiger charge is 2.47. The van der Waals surface area contributed by atoms with Crippen molar-refractivity contribution in [1.29, 1.82) is 0 Å². The van der Waals surface area contributed by atoms with Crippen LogP contribution in [0.3, 0.4) is 0 Å². The Balaban J connectivity index is 2.47. The molecule has 0 aliphatic heterocycles. The lowest BCUT2D eigenvalue weighted by Crippen LogP contribution is -2.50. The minimum atomic E-state index is -0.235. The fourth-order valence-electron chi connectivity index (χ4n) is 5.44. The van der Waals surface area contributed by atoms with Crippen molar-refractivity contribution >= 4 is 5.69 Å². The summed E-state index contributed by atoms with van der Waals surface area (Å²) in [4.78, 5) is 2.54. The first kappa shape index (κ1) is 19.3. The van der Waals surface area contributed by atoms with Crippen LogP contribution in [0.2, 0.25) is 0 Å². The maximum Gasteiger partial charge on any atom is 0.0440 e. The second-order valence-corrected chi connectivity index (χ2v) is 9.52. The van der Waals surface area contributed by atoms with Crippen LogP contribution in [0.15, 0.2) is 24.3 Å². The second-order valence-electron chi connectivity index (χ2n) is 9.52. The molecule has 2 N–H and O–H groups in total. The summed E-state index contributed by atoms with van der Waals surface area (Å²) < 4.78 is 0. The van der Waals surface area contributed by atoms with Gasteiger partial charge in [0.15, 0.2) is 0 Å². The summed E-state index contributed by atoms with van der Waals surface area (Å²) in [5.74, 6) is 0. The standard InChI is InChI=1S/C22H38N2/c1-7-13-24(14-8-2)19-12-10-9-11-18(19)22(23)16-20(3,4)15-21(5,6)17-22/h9-12H,7-8,13-17,23H2,1-6H3. The highest BCUT2D eigenvalue weighted by atomic mass is 15.1. The van der Waals surface area contributed by atoms with Gasteiger partial charge in [-0.1, -0.05) is 59.7 Å². The highest BCUT2D eigenvalue weighted by Crippen LogP contribution is 2.54. The number of nitrogens with two attached hydrogens (primary N) is 1. The SMILES string of the molecule is CCCN(CCC)c1ccccc1C1(N)CC(C)(C)CC(C)(C)C1. The Morgan fingerprint density at radius 3 is 1.88 bits per heavy atom. The summed E-state index contributed by atoms with van der Waals surface area (Å²) in [6.07, 6.45) is 5.71. The summed E-state index contributed by atoms with van der Waals surface area (Å²) in [5, 5.41) is 0. The second kappa shape index (κ2) is 7.07. The Hall–Kier alpha value is -1.02. The van der Waals surface area contributed by atoms with Gasteiger partial charge in [0.2, 0.25) is 0 Å². The molecule has 1 aromatic rings. The van der Waals surface area contributed by atoms with E-state index in [0.717, 1.165) is 25.9 Å². The fourth-order valence-corrected chi connectivity index (χ4v) is 5.44. The van der Waals surface area contributed by atoms with Gasteiger partial charge in [0, 0.05) is 24.3 Å². The van der Waals surface area contributed by atoms with Gasteiger partial charge in [0.1, 0.15) is 0 Å². The number of nitrogens with zero attached hydrogens (tertiary/aromatic N) is 1. The predicted molar refractivity (Wildman–Crippen MR) is 107 cm³/mol. The van der Waals surface area contributed by atoms with Gasteiger partial charge in [-0.05, 0) is 54.6 Å². The van der Waals surface area contributed by atoms with Crippen molar-refractivity contribution in [1.82, 2.24) is 0 Å². The van der Waals surface area contributed by atoms with Crippen molar-refractivity contribution in [3.8, 4) is 0 Å². The Morgan fingerprint density at radius 2 is 1.38 bits per heavy atom. The Labute approximate surface area is 149 Å². The van der Waals surface area contributed by atoms with E-state index in [1.807, 2.05) is 0 Å². The van der Waals surface area contributed by atoms with Crippen LogP contribution in [0.5, 0.6) is 0 Å². The predicted octanol–water partition coefficient (Wildman–Crippen LogP) is 5.70. The van der Waals surface area contributed by atoms with Gasteiger partial charge in [0.05, 0.1) is 0 Å². The molecule has 2 nitrogen and oxygen atoms in total. The topological polar surface area (TPSA) is 29.3 Å². The number of para-hydroxylation sites is 1. The minimum Gasteiger partial charge on any atom is -0.371 e. The number of hydrogen-bond donors (Lipinski definition) is 1. The zero-order chi connectivity index (χ0) is 18.0. The van der Waals surface area contributed by atoms with Gasteiger partial charge in [-0.2, -0.15) is 0 Å². The maximum atomic E-state index is 7.14. The highest BCUT2D eigenvalue weighted by molar-refractivity contribution is 5.57. The van der Waals surface area contributed by atoms with Gasteiger partial charge in [-0.3, -0.25) is 0 Å². The minimum absolute atomic E-state index is 0.235. The summed E-state index contributed by atoms with van der Waals surface area (Å²) in [7, 11) is 0. The van der Waals surface area contributed by atoms with E-state index >= 15 is 0 Å². The van der Waals surface area contributed by atoms with Crippen molar-refractivity contribution in [2.24, 2.45) is 16.6 Å². The van der Waals surface area contributed by atoms with Gasteiger partial charge in [-0.15, -0.1) is 0 Å². The quantitative estimate of drug-likeness (QED) is 0.724. The molecule has 136 valence electrons. The molecule has 0 saturated heterocycles. The smallest absolute Gasteiger partial charge is 0.0440 e. The molecule has 24 heavy (non-hydrogen) atoms. The summed E-state index contributed by atoms with van der Waals surface area (Å²) in [5.41, 5.74) is 10.2. The van der Waals surface area contributed by atoms with Crippen LogP contribution in [0.1, 0.15) is 79.2 Å². The molecule has 1 saturated carbocycles. The molecular weight excluding hydrogens is 292 g/mol. The third-order valence-electron chi connectivity index (χ3n) is 5.31. The van der Waals surface area contributed by atoms with Crippen LogP contribution in [-0.4, -0.2) is 13.1 Å². The van der Waals surface area contributed by atoms with Crippen LogP contribution in [0.4, 0.5) is 5.69 Å². The average Bonchev–Trinajstić information content (AvgIpc) is 2.43. The number of rotatable bonds is 6. The molecule has 0 bridgehead atoms. The lowest BCUT2D eigenvalue weighted by Gasteiger charge is -2.51. The Morgan fingerprint density at radius 1 is 0.875 bits per heavy atom.